The molecule has 2 aromatic rings. The van der Waals surface area contributed by atoms with Crippen LogP contribution in [0.25, 0.3) is 10.9 Å². The highest BCUT2D eigenvalue weighted by Crippen LogP contribution is 2.28. The van der Waals surface area contributed by atoms with Crippen LogP contribution in [0.2, 0.25) is 0 Å². The highest BCUT2D eigenvalue weighted by atomic mass is 16.5. The number of aromatic nitrogens is 1. The van der Waals surface area contributed by atoms with Crippen LogP contribution in [0.4, 0.5) is 0 Å². The number of rotatable bonds is 5. The normalized spacial score (nSPS) is 20.7. The number of hydrogen-bond donors (Lipinski definition) is 1. The second-order valence-corrected chi connectivity index (χ2v) is 7.01. The van der Waals surface area contributed by atoms with Crippen molar-refractivity contribution in [3.05, 3.63) is 41.6 Å². The van der Waals surface area contributed by atoms with Gasteiger partial charge in [-0.3, -0.25) is 9.88 Å². The van der Waals surface area contributed by atoms with Gasteiger partial charge in [-0.05, 0) is 50.0 Å². The number of para-hydroxylation sites is 1. The standard InChI is InChI=1S/C19H25N3O/c1-15-5-4-6-17-9-16(11-21-18(15)17)10-20-12-19(13-23-14-19)22-7-2-3-8-22/h4-6,9,11,20H,2-3,7-8,10,12-14H2,1H3. The fourth-order valence-electron chi connectivity index (χ4n) is 3.82. The summed E-state index contributed by atoms with van der Waals surface area (Å²) in [5, 5.41) is 4.87. The summed E-state index contributed by atoms with van der Waals surface area (Å²) in [4.78, 5) is 7.25. The van der Waals surface area contributed by atoms with Gasteiger partial charge in [0.15, 0.2) is 0 Å². The summed E-state index contributed by atoms with van der Waals surface area (Å²) < 4.78 is 5.53. The van der Waals surface area contributed by atoms with Crippen molar-refractivity contribution in [2.75, 3.05) is 32.8 Å². The minimum atomic E-state index is 0.233. The van der Waals surface area contributed by atoms with Crippen molar-refractivity contribution in [1.29, 1.82) is 0 Å². The maximum atomic E-state index is 5.53. The first-order valence-electron chi connectivity index (χ1n) is 8.65. The topological polar surface area (TPSA) is 37.4 Å². The van der Waals surface area contributed by atoms with E-state index in [1.165, 1.54) is 42.4 Å². The van der Waals surface area contributed by atoms with E-state index in [0.29, 0.717) is 0 Å². The molecular formula is C19H25N3O. The van der Waals surface area contributed by atoms with Crippen molar-refractivity contribution in [3.8, 4) is 0 Å². The largest absolute Gasteiger partial charge is 0.377 e. The number of ether oxygens (including phenoxy) is 1. The van der Waals surface area contributed by atoms with Crippen molar-refractivity contribution in [2.24, 2.45) is 0 Å². The number of hydrogen-bond acceptors (Lipinski definition) is 4. The van der Waals surface area contributed by atoms with E-state index in [0.717, 1.165) is 31.8 Å². The molecule has 2 saturated heterocycles. The molecule has 1 aromatic carbocycles. The second kappa shape index (κ2) is 6.19. The average Bonchev–Trinajstić information content (AvgIpc) is 3.04. The Morgan fingerprint density at radius 2 is 2.09 bits per heavy atom. The lowest BCUT2D eigenvalue weighted by atomic mass is 9.95. The zero-order valence-electron chi connectivity index (χ0n) is 13.8. The number of nitrogens with zero attached hydrogens (tertiary/aromatic N) is 2. The molecule has 1 N–H and O–H groups in total. The van der Waals surface area contributed by atoms with Crippen molar-refractivity contribution < 1.29 is 4.74 Å². The third-order valence-corrected chi connectivity index (χ3v) is 5.27. The number of benzene rings is 1. The summed E-state index contributed by atoms with van der Waals surface area (Å²) in [6, 6.07) is 8.61. The van der Waals surface area contributed by atoms with Gasteiger partial charge in [-0.2, -0.15) is 0 Å². The Morgan fingerprint density at radius 1 is 1.26 bits per heavy atom. The van der Waals surface area contributed by atoms with Crippen molar-refractivity contribution >= 4 is 10.9 Å². The maximum absolute atomic E-state index is 5.53. The van der Waals surface area contributed by atoms with E-state index in [-0.39, 0.29) is 5.54 Å². The maximum Gasteiger partial charge on any atom is 0.0804 e. The summed E-state index contributed by atoms with van der Waals surface area (Å²) in [7, 11) is 0. The van der Waals surface area contributed by atoms with Crippen LogP contribution in [-0.4, -0.2) is 48.3 Å². The Labute approximate surface area is 137 Å². The van der Waals surface area contributed by atoms with Gasteiger partial charge in [0.25, 0.3) is 0 Å². The highest BCUT2D eigenvalue weighted by Gasteiger charge is 2.44. The molecule has 122 valence electrons. The van der Waals surface area contributed by atoms with Gasteiger partial charge in [-0.1, -0.05) is 18.2 Å². The fraction of sp³-hybridized carbons (Fsp3) is 0.526. The average molecular weight is 311 g/mol. The molecule has 2 aliphatic rings. The zero-order valence-corrected chi connectivity index (χ0v) is 13.8. The van der Waals surface area contributed by atoms with Gasteiger partial charge in [-0.25, -0.2) is 0 Å². The summed E-state index contributed by atoms with van der Waals surface area (Å²) in [6.45, 7) is 8.17. The predicted octanol–water partition coefficient (Wildman–Crippen LogP) is 2.50. The van der Waals surface area contributed by atoms with Crippen LogP contribution in [0.1, 0.15) is 24.0 Å². The number of fused-ring (bicyclic) bond motifs is 1. The molecule has 0 atom stereocenters. The first kappa shape index (κ1) is 15.1. The van der Waals surface area contributed by atoms with Crippen LogP contribution in [0.3, 0.4) is 0 Å². The molecule has 0 saturated carbocycles. The van der Waals surface area contributed by atoms with Crippen molar-refractivity contribution in [3.63, 3.8) is 0 Å². The molecule has 2 fully saturated rings. The van der Waals surface area contributed by atoms with Crippen molar-refractivity contribution in [2.45, 2.75) is 31.8 Å². The van der Waals surface area contributed by atoms with Gasteiger partial charge in [0.1, 0.15) is 0 Å². The third-order valence-electron chi connectivity index (χ3n) is 5.27. The monoisotopic (exact) mass is 311 g/mol. The summed E-state index contributed by atoms with van der Waals surface area (Å²) >= 11 is 0. The summed E-state index contributed by atoms with van der Waals surface area (Å²) in [5.41, 5.74) is 3.83. The van der Waals surface area contributed by atoms with Crippen molar-refractivity contribution in [1.82, 2.24) is 15.2 Å². The van der Waals surface area contributed by atoms with Gasteiger partial charge in [0.2, 0.25) is 0 Å². The minimum Gasteiger partial charge on any atom is -0.377 e. The Kier molecular flexibility index (Phi) is 4.05. The first-order chi connectivity index (χ1) is 11.3. The van der Waals surface area contributed by atoms with E-state index in [2.05, 4.69) is 46.4 Å². The Morgan fingerprint density at radius 3 is 2.83 bits per heavy atom. The summed E-state index contributed by atoms with van der Waals surface area (Å²) in [5.74, 6) is 0. The molecule has 4 heteroatoms. The van der Waals surface area contributed by atoms with Gasteiger partial charge in [0, 0.05) is 24.7 Å². The molecule has 0 amide bonds. The van der Waals surface area contributed by atoms with Crippen LogP contribution < -0.4 is 5.32 Å². The van der Waals surface area contributed by atoms with Gasteiger partial charge < -0.3 is 10.1 Å². The quantitative estimate of drug-likeness (QED) is 0.920. The van der Waals surface area contributed by atoms with Gasteiger partial charge >= 0.3 is 0 Å². The molecule has 0 unspecified atom stereocenters. The predicted molar refractivity (Wildman–Crippen MR) is 92.5 cm³/mol. The van der Waals surface area contributed by atoms with E-state index >= 15 is 0 Å². The molecule has 23 heavy (non-hydrogen) atoms. The van der Waals surface area contributed by atoms with Gasteiger partial charge in [0.05, 0.1) is 24.3 Å². The van der Waals surface area contributed by atoms with Crippen LogP contribution in [-0.2, 0) is 11.3 Å². The fourth-order valence-corrected chi connectivity index (χ4v) is 3.82. The van der Waals surface area contributed by atoms with E-state index in [1.54, 1.807) is 0 Å². The van der Waals surface area contributed by atoms with E-state index in [9.17, 15) is 0 Å². The second-order valence-electron chi connectivity index (χ2n) is 7.01. The molecule has 4 rings (SSSR count). The highest BCUT2D eigenvalue weighted by molar-refractivity contribution is 5.81. The molecule has 2 aliphatic heterocycles. The summed E-state index contributed by atoms with van der Waals surface area (Å²) in [6.07, 6.45) is 4.66. The number of likely N-dealkylation sites (tertiary alicyclic amines) is 1. The number of pyridine rings is 1. The smallest absolute Gasteiger partial charge is 0.0804 e. The van der Waals surface area contributed by atoms with E-state index in [1.807, 2.05) is 6.20 Å². The molecule has 0 spiro atoms. The zero-order chi connectivity index (χ0) is 15.7. The van der Waals surface area contributed by atoms with E-state index in [4.69, 9.17) is 4.74 Å². The minimum absolute atomic E-state index is 0.233. The molecule has 0 radical (unpaired) electrons. The van der Waals surface area contributed by atoms with Crippen LogP contribution in [0.5, 0.6) is 0 Å². The van der Waals surface area contributed by atoms with Crippen LogP contribution >= 0.6 is 0 Å². The van der Waals surface area contributed by atoms with Crippen LogP contribution in [0.15, 0.2) is 30.5 Å². The number of nitrogens with one attached hydrogen (secondary N) is 1. The van der Waals surface area contributed by atoms with Gasteiger partial charge in [-0.15, -0.1) is 0 Å². The molecular weight excluding hydrogens is 286 g/mol. The number of aryl methyl sites for hydroxylation is 1. The SMILES string of the molecule is Cc1cccc2cc(CNCC3(N4CCCC4)COC3)cnc12. The first-order valence-corrected chi connectivity index (χ1v) is 8.65. The molecule has 0 aliphatic carbocycles. The molecule has 3 heterocycles. The van der Waals surface area contributed by atoms with E-state index < -0.39 is 0 Å². The molecule has 0 bridgehead atoms. The lowest BCUT2D eigenvalue weighted by molar-refractivity contribution is -0.131. The lowest BCUT2D eigenvalue weighted by Crippen LogP contribution is -2.66. The molecule has 1 aromatic heterocycles. The Hall–Kier alpha value is -1.49. The Balaban J connectivity index is 1.41. The lowest BCUT2D eigenvalue weighted by Gasteiger charge is -2.48. The third kappa shape index (κ3) is 2.87. The molecule has 4 nitrogen and oxygen atoms in total. The van der Waals surface area contributed by atoms with Crippen LogP contribution in [0, 0.1) is 6.92 Å². The Bertz CT molecular complexity index is 690.